The molecule has 1 aliphatic heterocycles. The molecule has 0 amide bonds. The Labute approximate surface area is 167 Å². The molecule has 0 radical (unpaired) electrons. The Morgan fingerprint density at radius 2 is 1.61 bits per heavy atom. The quantitative estimate of drug-likeness (QED) is 0.495. The van der Waals surface area contributed by atoms with Gasteiger partial charge in [0.05, 0.1) is 30.2 Å². The van der Waals surface area contributed by atoms with Crippen molar-refractivity contribution in [2.75, 3.05) is 37.5 Å². The molecular weight excluding hydrogens is 370 g/mol. The Balaban J connectivity index is 1.72. The summed E-state index contributed by atoms with van der Waals surface area (Å²) in [6.45, 7) is 2.82. The van der Waals surface area contributed by atoms with Crippen molar-refractivity contribution in [2.24, 2.45) is 0 Å². The van der Waals surface area contributed by atoms with Crippen LogP contribution >= 0.6 is 11.8 Å². The highest BCUT2D eigenvalue weighted by Gasteiger charge is 2.33. The van der Waals surface area contributed by atoms with Crippen LogP contribution < -0.4 is 4.90 Å². The maximum Gasteiger partial charge on any atom is 0.226 e. The van der Waals surface area contributed by atoms with Gasteiger partial charge in [-0.3, -0.25) is 4.79 Å². The zero-order valence-electron chi connectivity index (χ0n) is 15.5. The Kier molecular flexibility index (Phi) is 4.37. The van der Waals surface area contributed by atoms with E-state index in [1.54, 1.807) is 11.8 Å². The molecule has 2 aliphatic rings. The zero-order valence-corrected chi connectivity index (χ0v) is 16.3. The predicted molar refractivity (Wildman–Crippen MR) is 111 cm³/mol. The number of carbonyl (C=O) groups is 1. The van der Waals surface area contributed by atoms with Crippen LogP contribution in [0.3, 0.4) is 0 Å². The van der Waals surface area contributed by atoms with E-state index in [1.807, 2.05) is 42.7 Å². The second-order valence-corrected chi connectivity index (χ2v) is 7.68. The van der Waals surface area contributed by atoms with Crippen LogP contribution in [0.15, 0.2) is 53.4 Å². The summed E-state index contributed by atoms with van der Waals surface area (Å²) >= 11 is 1.69. The monoisotopic (exact) mass is 389 g/mol. The highest BCUT2D eigenvalue weighted by Crippen LogP contribution is 2.40. The van der Waals surface area contributed by atoms with Gasteiger partial charge in [0.25, 0.3) is 0 Å². The number of fused-ring (bicyclic) bond motifs is 3. The molecule has 1 aromatic heterocycles. The van der Waals surface area contributed by atoms with Crippen LogP contribution in [0.4, 0.5) is 5.95 Å². The third kappa shape index (κ3) is 2.80. The zero-order chi connectivity index (χ0) is 19.1. The van der Waals surface area contributed by atoms with E-state index in [2.05, 4.69) is 17.0 Å². The number of hydrogen-bond acceptors (Lipinski definition) is 6. The Hall–Kier alpha value is -2.70. The summed E-state index contributed by atoms with van der Waals surface area (Å²) in [6, 6.07) is 15.9. The van der Waals surface area contributed by atoms with E-state index in [0.717, 1.165) is 29.9 Å². The topological polar surface area (TPSA) is 55.3 Å². The van der Waals surface area contributed by atoms with Crippen molar-refractivity contribution in [1.82, 2.24) is 9.97 Å². The van der Waals surface area contributed by atoms with E-state index in [4.69, 9.17) is 14.7 Å². The fraction of sp³-hybridized carbons (Fsp3) is 0.227. The van der Waals surface area contributed by atoms with Crippen LogP contribution in [0.1, 0.15) is 15.9 Å². The van der Waals surface area contributed by atoms with Crippen molar-refractivity contribution in [3.8, 4) is 22.5 Å². The van der Waals surface area contributed by atoms with Crippen LogP contribution in [-0.4, -0.2) is 48.3 Å². The first-order valence-corrected chi connectivity index (χ1v) is 10.5. The second kappa shape index (κ2) is 7.04. The SMILES string of the molecule is CSc1ccc(-c2nc(N3CCOCC3)nc3c2C(=O)c2ccccc2-3)cc1. The number of ketones is 1. The molecule has 2 aromatic carbocycles. The molecular formula is C22H19N3O2S. The molecule has 3 aromatic rings. The molecule has 0 spiro atoms. The van der Waals surface area contributed by atoms with Gasteiger partial charge in [-0.2, -0.15) is 0 Å². The molecule has 140 valence electrons. The van der Waals surface area contributed by atoms with Gasteiger partial charge in [-0.05, 0) is 18.4 Å². The van der Waals surface area contributed by atoms with Crippen molar-refractivity contribution in [3.63, 3.8) is 0 Å². The predicted octanol–water partition coefficient (Wildman–Crippen LogP) is 3.91. The lowest BCUT2D eigenvalue weighted by Gasteiger charge is -2.27. The minimum Gasteiger partial charge on any atom is -0.378 e. The summed E-state index contributed by atoms with van der Waals surface area (Å²) in [5, 5.41) is 0. The molecule has 0 atom stereocenters. The number of ether oxygens (including phenoxy) is 1. The number of hydrogen-bond donors (Lipinski definition) is 0. The lowest BCUT2D eigenvalue weighted by atomic mass is 10.0. The number of thioether (sulfide) groups is 1. The average molecular weight is 389 g/mol. The van der Waals surface area contributed by atoms with E-state index in [-0.39, 0.29) is 5.78 Å². The number of carbonyl (C=O) groups excluding carboxylic acids is 1. The summed E-state index contributed by atoms with van der Waals surface area (Å²) < 4.78 is 5.47. The number of benzene rings is 2. The smallest absolute Gasteiger partial charge is 0.226 e. The minimum atomic E-state index is 0.00284. The lowest BCUT2D eigenvalue weighted by molar-refractivity contribution is 0.104. The van der Waals surface area contributed by atoms with Gasteiger partial charge >= 0.3 is 0 Å². The Morgan fingerprint density at radius 1 is 0.929 bits per heavy atom. The molecule has 0 N–H and O–H groups in total. The van der Waals surface area contributed by atoms with Crippen molar-refractivity contribution >= 4 is 23.5 Å². The standard InChI is InChI=1S/C22H19N3O2S/c1-28-15-8-6-14(7-9-15)19-18-20(16-4-2-3-5-17(16)21(18)26)24-22(23-19)25-10-12-27-13-11-25/h2-9H,10-13H2,1H3. The van der Waals surface area contributed by atoms with Gasteiger partial charge in [0.2, 0.25) is 5.95 Å². The summed E-state index contributed by atoms with van der Waals surface area (Å²) in [5.41, 5.74) is 4.58. The Morgan fingerprint density at radius 3 is 2.32 bits per heavy atom. The van der Waals surface area contributed by atoms with Gasteiger partial charge in [-0.25, -0.2) is 9.97 Å². The lowest BCUT2D eigenvalue weighted by Crippen LogP contribution is -2.37. The molecule has 0 unspecified atom stereocenters. The number of nitrogens with zero attached hydrogens (tertiary/aromatic N) is 3. The number of anilines is 1. The van der Waals surface area contributed by atoms with Crippen molar-refractivity contribution in [1.29, 1.82) is 0 Å². The van der Waals surface area contributed by atoms with E-state index in [9.17, 15) is 4.79 Å². The fourth-order valence-corrected chi connectivity index (χ4v) is 4.15. The first kappa shape index (κ1) is 17.4. The normalized spacial score (nSPS) is 15.5. The van der Waals surface area contributed by atoms with Crippen molar-refractivity contribution in [2.45, 2.75) is 4.90 Å². The summed E-state index contributed by atoms with van der Waals surface area (Å²) in [5.74, 6) is 0.665. The first-order valence-electron chi connectivity index (χ1n) is 9.29. The highest BCUT2D eigenvalue weighted by molar-refractivity contribution is 7.98. The van der Waals surface area contributed by atoms with Crippen molar-refractivity contribution in [3.05, 3.63) is 59.7 Å². The van der Waals surface area contributed by atoms with Crippen molar-refractivity contribution < 1.29 is 9.53 Å². The molecule has 5 rings (SSSR count). The Bertz CT molecular complexity index is 1060. The number of aromatic nitrogens is 2. The molecule has 0 saturated carbocycles. The molecule has 0 bridgehead atoms. The largest absolute Gasteiger partial charge is 0.378 e. The number of morpholine rings is 1. The van der Waals surface area contributed by atoms with Crippen LogP contribution in [0.5, 0.6) is 0 Å². The molecule has 1 fully saturated rings. The summed E-state index contributed by atoms with van der Waals surface area (Å²) in [6.07, 6.45) is 2.05. The maximum absolute atomic E-state index is 13.2. The van der Waals surface area contributed by atoms with Crippen LogP contribution in [-0.2, 0) is 4.74 Å². The third-order valence-corrected chi connectivity index (χ3v) is 5.95. The van der Waals surface area contributed by atoms with Crippen LogP contribution in [0.25, 0.3) is 22.5 Å². The molecule has 28 heavy (non-hydrogen) atoms. The second-order valence-electron chi connectivity index (χ2n) is 6.80. The number of rotatable bonds is 3. The molecule has 5 nitrogen and oxygen atoms in total. The van der Waals surface area contributed by atoms with E-state index >= 15 is 0 Å². The highest BCUT2D eigenvalue weighted by atomic mass is 32.2. The molecule has 1 aliphatic carbocycles. The van der Waals surface area contributed by atoms with Gasteiger partial charge in [0, 0.05) is 34.7 Å². The molecule has 6 heteroatoms. The van der Waals surface area contributed by atoms with Crippen LogP contribution in [0, 0.1) is 0 Å². The molecule has 2 heterocycles. The van der Waals surface area contributed by atoms with Gasteiger partial charge in [0.15, 0.2) is 5.78 Å². The fourth-order valence-electron chi connectivity index (χ4n) is 3.74. The minimum absolute atomic E-state index is 0.00284. The summed E-state index contributed by atoms with van der Waals surface area (Å²) in [7, 11) is 0. The van der Waals surface area contributed by atoms with E-state index in [0.29, 0.717) is 36.0 Å². The van der Waals surface area contributed by atoms with Crippen LogP contribution in [0.2, 0.25) is 0 Å². The van der Waals surface area contributed by atoms with E-state index < -0.39 is 0 Å². The average Bonchev–Trinajstić information content (AvgIpc) is 3.06. The molecule has 1 saturated heterocycles. The summed E-state index contributed by atoms with van der Waals surface area (Å²) in [4.78, 5) is 26.2. The third-order valence-electron chi connectivity index (χ3n) is 5.21. The maximum atomic E-state index is 13.2. The van der Waals surface area contributed by atoms with Gasteiger partial charge < -0.3 is 9.64 Å². The van der Waals surface area contributed by atoms with Gasteiger partial charge in [-0.1, -0.05) is 36.4 Å². The first-order chi connectivity index (χ1) is 13.8. The van der Waals surface area contributed by atoms with Gasteiger partial charge in [0.1, 0.15) is 0 Å². The van der Waals surface area contributed by atoms with E-state index in [1.165, 1.54) is 4.90 Å². The van der Waals surface area contributed by atoms with Gasteiger partial charge in [-0.15, -0.1) is 11.8 Å².